The standard InChI is InChI=1S/C25H28ClF3N4O2/c1-16(12-30-24(35)17-3-2-4-18(11-17)25(27,28)29)31-20-14-32(15-20)21-6-8-22(9-7-21)33-13-19(26)5-10-23(33)34/h2-5,10-11,13,20-22,31H,1,6-9,12,14-15H2,(H,30,35). The first kappa shape index (κ1) is 25.3. The Morgan fingerprint density at radius 2 is 1.77 bits per heavy atom. The third-order valence-electron chi connectivity index (χ3n) is 6.71. The van der Waals surface area contributed by atoms with Crippen molar-refractivity contribution in [1.82, 2.24) is 20.1 Å². The summed E-state index contributed by atoms with van der Waals surface area (Å²) < 4.78 is 40.3. The van der Waals surface area contributed by atoms with Gasteiger partial charge in [-0.2, -0.15) is 13.2 Å². The summed E-state index contributed by atoms with van der Waals surface area (Å²) in [6.07, 6.45) is 1.08. The van der Waals surface area contributed by atoms with E-state index in [0.717, 1.165) is 50.9 Å². The highest BCUT2D eigenvalue weighted by atomic mass is 35.5. The molecule has 1 aromatic carbocycles. The lowest BCUT2D eigenvalue weighted by molar-refractivity contribution is -0.137. The Labute approximate surface area is 206 Å². The maximum atomic E-state index is 12.8. The quantitative estimate of drug-likeness (QED) is 0.587. The van der Waals surface area contributed by atoms with Crippen molar-refractivity contribution >= 4 is 17.5 Å². The lowest BCUT2D eigenvalue weighted by atomic mass is 9.87. The molecule has 1 aliphatic heterocycles. The van der Waals surface area contributed by atoms with Gasteiger partial charge in [0.2, 0.25) is 0 Å². The van der Waals surface area contributed by atoms with Gasteiger partial charge in [0.15, 0.2) is 0 Å². The number of nitrogens with one attached hydrogen (secondary N) is 2. The summed E-state index contributed by atoms with van der Waals surface area (Å²) in [5, 5.41) is 6.46. The number of pyridine rings is 1. The highest BCUT2D eigenvalue weighted by Gasteiger charge is 2.35. The minimum Gasteiger partial charge on any atom is -0.382 e. The maximum Gasteiger partial charge on any atom is 0.416 e. The van der Waals surface area contributed by atoms with E-state index < -0.39 is 17.6 Å². The minimum atomic E-state index is -4.50. The zero-order valence-electron chi connectivity index (χ0n) is 19.2. The van der Waals surface area contributed by atoms with Crippen molar-refractivity contribution in [3.05, 3.63) is 81.4 Å². The van der Waals surface area contributed by atoms with E-state index >= 15 is 0 Å². The minimum absolute atomic E-state index is 0.0234. The molecule has 1 saturated heterocycles. The van der Waals surface area contributed by atoms with Crippen LogP contribution in [0.25, 0.3) is 0 Å². The largest absolute Gasteiger partial charge is 0.416 e. The lowest BCUT2D eigenvalue weighted by Gasteiger charge is -2.47. The molecule has 2 N–H and O–H groups in total. The molecular weight excluding hydrogens is 481 g/mol. The van der Waals surface area contributed by atoms with E-state index in [-0.39, 0.29) is 29.8 Å². The van der Waals surface area contributed by atoms with Gasteiger partial charge < -0.3 is 15.2 Å². The van der Waals surface area contributed by atoms with Crippen molar-refractivity contribution < 1.29 is 18.0 Å². The van der Waals surface area contributed by atoms with Crippen LogP contribution >= 0.6 is 11.6 Å². The normalized spacial score (nSPS) is 21.3. The van der Waals surface area contributed by atoms with E-state index in [9.17, 15) is 22.8 Å². The third kappa shape index (κ3) is 6.27. The van der Waals surface area contributed by atoms with Gasteiger partial charge in [-0.1, -0.05) is 24.2 Å². The van der Waals surface area contributed by atoms with Crippen LogP contribution in [-0.2, 0) is 6.18 Å². The van der Waals surface area contributed by atoms with E-state index in [4.69, 9.17) is 11.6 Å². The van der Waals surface area contributed by atoms with E-state index in [0.29, 0.717) is 16.8 Å². The molecule has 0 radical (unpaired) electrons. The molecule has 2 heterocycles. The van der Waals surface area contributed by atoms with Crippen LogP contribution in [0.15, 0.2) is 59.7 Å². The van der Waals surface area contributed by atoms with Crippen LogP contribution in [0.1, 0.15) is 47.6 Å². The van der Waals surface area contributed by atoms with Crippen molar-refractivity contribution in [2.45, 2.75) is 50.0 Å². The molecule has 0 atom stereocenters. The van der Waals surface area contributed by atoms with Crippen LogP contribution in [0.4, 0.5) is 13.2 Å². The summed E-state index contributed by atoms with van der Waals surface area (Å²) in [7, 11) is 0. The SMILES string of the molecule is C=C(CNC(=O)c1cccc(C(F)(F)F)c1)NC1CN(C2CCC(n3cc(Cl)ccc3=O)CC2)C1. The first-order valence-electron chi connectivity index (χ1n) is 11.6. The molecule has 2 fully saturated rings. The Kier molecular flexibility index (Phi) is 7.56. The molecule has 0 spiro atoms. The van der Waals surface area contributed by atoms with Gasteiger partial charge in [-0.05, 0) is 49.9 Å². The molecule has 2 aliphatic rings. The van der Waals surface area contributed by atoms with Crippen LogP contribution in [0.3, 0.4) is 0 Å². The molecule has 1 aliphatic carbocycles. The maximum absolute atomic E-state index is 12.8. The molecular formula is C25H28ClF3N4O2. The summed E-state index contributed by atoms with van der Waals surface area (Å²) in [6, 6.07) is 8.31. The van der Waals surface area contributed by atoms with Crippen molar-refractivity contribution in [2.75, 3.05) is 19.6 Å². The van der Waals surface area contributed by atoms with E-state index in [2.05, 4.69) is 22.1 Å². The number of likely N-dealkylation sites (tertiary alicyclic amines) is 1. The smallest absolute Gasteiger partial charge is 0.382 e. The number of nitrogens with zero attached hydrogens (tertiary/aromatic N) is 2. The number of carbonyl (C=O) groups is 1. The van der Waals surface area contributed by atoms with Crippen LogP contribution in [0.5, 0.6) is 0 Å². The Hall–Kier alpha value is -2.78. The van der Waals surface area contributed by atoms with Crippen molar-refractivity contribution in [3.63, 3.8) is 0 Å². The van der Waals surface area contributed by atoms with Gasteiger partial charge in [-0.15, -0.1) is 0 Å². The second kappa shape index (κ2) is 10.5. The van der Waals surface area contributed by atoms with E-state index in [1.54, 1.807) is 16.8 Å². The van der Waals surface area contributed by atoms with Crippen LogP contribution in [-0.4, -0.2) is 47.1 Å². The molecule has 4 rings (SSSR count). The Morgan fingerprint density at radius 3 is 2.46 bits per heavy atom. The number of hydrogen-bond acceptors (Lipinski definition) is 4. The van der Waals surface area contributed by atoms with Crippen LogP contribution in [0, 0.1) is 0 Å². The summed E-state index contributed by atoms with van der Waals surface area (Å²) in [6.45, 7) is 5.77. The number of hydrogen-bond donors (Lipinski definition) is 2. The fourth-order valence-corrected chi connectivity index (χ4v) is 5.00. The summed E-state index contributed by atoms with van der Waals surface area (Å²) in [4.78, 5) is 26.8. The summed E-state index contributed by atoms with van der Waals surface area (Å²) in [5.74, 6) is -0.579. The molecule has 0 unspecified atom stereocenters. The van der Waals surface area contributed by atoms with Gasteiger partial charge in [0.05, 0.1) is 23.2 Å². The Morgan fingerprint density at radius 1 is 1.09 bits per heavy atom. The van der Waals surface area contributed by atoms with E-state index in [1.165, 1.54) is 18.2 Å². The highest BCUT2D eigenvalue weighted by Crippen LogP contribution is 2.33. The topological polar surface area (TPSA) is 66.4 Å². The molecule has 1 amide bonds. The lowest BCUT2D eigenvalue weighted by Crippen LogP contribution is -2.61. The van der Waals surface area contributed by atoms with Gasteiger partial charge in [0.1, 0.15) is 0 Å². The van der Waals surface area contributed by atoms with Crippen molar-refractivity contribution in [2.24, 2.45) is 0 Å². The number of carbonyl (C=O) groups excluding carboxylic acids is 1. The molecule has 1 aromatic heterocycles. The predicted octanol–water partition coefficient (Wildman–Crippen LogP) is 4.22. The second-order valence-electron chi connectivity index (χ2n) is 9.22. The fourth-order valence-electron chi connectivity index (χ4n) is 4.83. The molecule has 10 heteroatoms. The van der Waals surface area contributed by atoms with Crippen molar-refractivity contribution in [3.8, 4) is 0 Å². The molecule has 6 nitrogen and oxygen atoms in total. The van der Waals surface area contributed by atoms with E-state index in [1.807, 2.05) is 0 Å². The van der Waals surface area contributed by atoms with Gasteiger partial charge in [0.25, 0.3) is 11.5 Å². The number of aromatic nitrogens is 1. The molecule has 2 aromatic rings. The number of rotatable bonds is 7. The zero-order valence-corrected chi connectivity index (χ0v) is 19.9. The van der Waals surface area contributed by atoms with Gasteiger partial charge in [0, 0.05) is 48.7 Å². The number of halogens is 4. The molecule has 1 saturated carbocycles. The Balaban J connectivity index is 1.17. The van der Waals surface area contributed by atoms with Crippen LogP contribution < -0.4 is 16.2 Å². The van der Waals surface area contributed by atoms with Gasteiger partial charge in [-0.25, -0.2) is 0 Å². The van der Waals surface area contributed by atoms with Gasteiger partial charge >= 0.3 is 6.18 Å². The van der Waals surface area contributed by atoms with Crippen molar-refractivity contribution in [1.29, 1.82) is 0 Å². The molecule has 188 valence electrons. The average molecular weight is 509 g/mol. The van der Waals surface area contributed by atoms with Crippen LogP contribution in [0.2, 0.25) is 5.02 Å². The fraction of sp³-hybridized carbons (Fsp3) is 0.440. The summed E-state index contributed by atoms with van der Waals surface area (Å²) >= 11 is 6.05. The molecule has 35 heavy (non-hydrogen) atoms. The first-order chi connectivity index (χ1) is 16.6. The molecule has 0 bridgehead atoms. The monoisotopic (exact) mass is 508 g/mol. The zero-order chi connectivity index (χ0) is 25.2. The third-order valence-corrected chi connectivity index (χ3v) is 6.93. The predicted molar refractivity (Wildman–Crippen MR) is 128 cm³/mol. The highest BCUT2D eigenvalue weighted by molar-refractivity contribution is 6.30. The number of benzene rings is 1. The number of alkyl halides is 3. The first-order valence-corrected chi connectivity index (χ1v) is 12.0. The van der Waals surface area contributed by atoms with Gasteiger partial charge in [-0.3, -0.25) is 14.5 Å². The summed E-state index contributed by atoms with van der Waals surface area (Å²) in [5.41, 5.74) is -0.313. The average Bonchev–Trinajstić information content (AvgIpc) is 2.81. The Bertz CT molecular complexity index is 1140. The second-order valence-corrected chi connectivity index (χ2v) is 9.65. The number of amides is 1.